The lowest BCUT2D eigenvalue weighted by molar-refractivity contribution is -0.114. The summed E-state index contributed by atoms with van der Waals surface area (Å²) in [7, 11) is 0. The van der Waals surface area contributed by atoms with Crippen LogP contribution in [0.2, 0.25) is 0 Å². The average molecular weight is 211 g/mol. The minimum Gasteiger partial charge on any atom is -0.478 e. The first-order chi connectivity index (χ1) is 6.99. The third kappa shape index (κ3) is 5.37. The molecule has 6 nitrogen and oxygen atoms in total. The number of aromatic carboxylic acids is 1. The van der Waals surface area contributed by atoms with Crippen molar-refractivity contribution in [2.75, 3.05) is 5.43 Å². The largest absolute Gasteiger partial charge is 0.478 e. The molecule has 4 N–H and O–H groups in total. The van der Waals surface area contributed by atoms with E-state index >= 15 is 0 Å². The minimum atomic E-state index is -1.05. The number of nitrogens with two attached hydrogens (primary N) is 1. The lowest BCUT2D eigenvalue weighted by Gasteiger charge is -2.00. The Kier molecular flexibility index (Phi) is 5.65. The van der Waals surface area contributed by atoms with E-state index in [1.54, 1.807) is 0 Å². The van der Waals surface area contributed by atoms with Crippen molar-refractivity contribution < 1.29 is 14.7 Å². The molecular weight excluding hydrogens is 198 g/mol. The predicted molar refractivity (Wildman–Crippen MR) is 55.4 cm³/mol. The number of hydrogen-bond donors (Lipinski definition) is 3. The molecule has 1 rings (SSSR count). The van der Waals surface area contributed by atoms with Gasteiger partial charge in [-0.05, 0) is 26.0 Å². The van der Waals surface area contributed by atoms with Crippen molar-refractivity contribution >= 4 is 17.6 Å². The van der Waals surface area contributed by atoms with Crippen LogP contribution >= 0.6 is 0 Å². The molecule has 0 bridgehead atoms. The van der Waals surface area contributed by atoms with E-state index in [1.165, 1.54) is 32.2 Å². The van der Waals surface area contributed by atoms with Crippen LogP contribution in [0.5, 0.6) is 0 Å². The molecule has 0 amide bonds. The van der Waals surface area contributed by atoms with Gasteiger partial charge in [-0.3, -0.25) is 0 Å². The van der Waals surface area contributed by atoms with E-state index in [-0.39, 0.29) is 17.2 Å². The zero-order valence-corrected chi connectivity index (χ0v) is 8.52. The van der Waals surface area contributed by atoms with Crippen molar-refractivity contribution in [2.45, 2.75) is 13.8 Å². The van der Waals surface area contributed by atoms with Gasteiger partial charge in [0.05, 0.1) is 0 Å². The Morgan fingerprint density at radius 1 is 1.47 bits per heavy atom. The first-order valence-corrected chi connectivity index (χ1v) is 4.11. The van der Waals surface area contributed by atoms with E-state index in [2.05, 4.69) is 10.4 Å². The van der Waals surface area contributed by atoms with Gasteiger partial charge in [0.25, 0.3) is 0 Å². The van der Waals surface area contributed by atoms with Gasteiger partial charge in [-0.2, -0.15) is 0 Å². The van der Waals surface area contributed by atoms with Crippen LogP contribution in [0.15, 0.2) is 18.3 Å². The molecule has 0 fully saturated rings. The van der Waals surface area contributed by atoms with Gasteiger partial charge in [0.1, 0.15) is 11.3 Å². The van der Waals surface area contributed by atoms with E-state index < -0.39 is 5.97 Å². The van der Waals surface area contributed by atoms with Crippen LogP contribution in [-0.4, -0.2) is 21.8 Å². The Morgan fingerprint density at radius 3 is 2.33 bits per heavy atom. The molecule has 1 heterocycles. The Hall–Kier alpha value is -1.95. The van der Waals surface area contributed by atoms with Crippen LogP contribution < -0.4 is 11.3 Å². The van der Waals surface area contributed by atoms with Crippen molar-refractivity contribution in [2.24, 2.45) is 5.84 Å². The second-order valence-electron chi connectivity index (χ2n) is 2.76. The third-order valence-electron chi connectivity index (χ3n) is 1.17. The highest BCUT2D eigenvalue weighted by atomic mass is 16.4. The number of Topliss-reactive ketones (excluding diaryl/α,β-unsaturated/α-hetero) is 1. The van der Waals surface area contributed by atoms with Gasteiger partial charge in [0.2, 0.25) is 0 Å². The molecule has 82 valence electrons. The number of aromatic nitrogens is 1. The fourth-order valence-corrected chi connectivity index (χ4v) is 0.693. The van der Waals surface area contributed by atoms with E-state index in [0.717, 1.165) is 0 Å². The highest BCUT2D eigenvalue weighted by Crippen LogP contribution is 2.08. The number of ketones is 1. The minimum absolute atomic E-state index is 0.0648. The molecule has 0 aliphatic heterocycles. The van der Waals surface area contributed by atoms with Crippen molar-refractivity contribution in [3.63, 3.8) is 0 Å². The normalized spacial score (nSPS) is 8.47. The maximum absolute atomic E-state index is 10.4. The smallest absolute Gasteiger partial charge is 0.339 e. The molecule has 6 heteroatoms. The Bertz CT molecular complexity index is 348. The first-order valence-electron chi connectivity index (χ1n) is 4.11. The van der Waals surface area contributed by atoms with Gasteiger partial charge in [-0.15, -0.1) is 0 Å². The van der Waals surface area contributed by atoms with Crippen LogP contribution in [0.1, 0.15) is 24.2 Å². The number of carbonyl (C=O) groups excluding carboxylic acids is 1. The van der Waals surface area contributed by atoms with Crippen LogP contribution in [-0.2, 0) is 4.79 Å². The van der Waals surface area contributed by atoms with Gasteiger partial charge in [-0.1, -0.05) is 0 Å². The summed E-state index contributed by atoms with van der Waals surface area (Å²) in [4.78, 5) is 23.6. The number of hydrogen-bond acceptors (Lipinski definition) is 5. The van der Waals surface area contributed by atoms with Gasteiger partial charge in [0.15, 0.2) is 5.82 Å². The summed E-state index contributed by atoms with van der Waals surface area (Å²) >= 11 is 0. The van der Waals surface area contributed by atoms with Crippen LogP contribution in [0, 0.1) is 0 Å². The molecule has 1 aromatic rings. The zero-order chi connectivity index (χ0) is 11.8. The molecule has 0 aliphatic carbocycles. The summed E-state index contributed by atoms with van der Waals surface area (Å²) in [5, 5.41) is 8.56. The monoisotopic (exact) mass is 211 g/mol. The molecule has 0 saturated heterocycles. The number of nitrogens with zero attached hydrogens (tertiary/aromatic N) is 1. The highest BCUT2D eigenvalue weighted by molar-refractivity contribution is 5.92. The first kappa shape index (κ1) is 13.1. The summed E-state index contributed by atoms with van der Waals surface area (Å²) in [6, 6.07) is 2.95. The number of carboxylic acids is 1. The molecule has 0 saturated carbocycles. The number of anilines is 1. The summed E-state index contributed by atoms with van der Waals surface area (Å²) < 4.78 is 0. The number of carboxylic acid groups (broad SMARTS) is 1. The second-order valence-corrected chi connectivity index (χ2v) is 2.76. The second kappa shape index (κ2) is 6.50. The van der Waals surface area contributed by atoms with E-state index in [1.807, 2.05) is 0 Å². The van der Waals surface area contributed by atoms with Gasteiger partial charge < -0.3 is 15.3 Å². The predicted octanol–water partition coefficient (Wildman–Crippen LogP) is 0.661. The highest BCUT2D eigenvalue weighted by Gasteiger charge is 2.07. The standard InChI is InChI=1S/C6H7N3O2.C3H6O/c7-9-5-4(6(10)11)2-1-3-8-5;1-3(2)4/h1-3H,7H2,(H,8,9)(H,10,11);1-2H3. The molecule has 0 aliphatic rings. The Labute approximate surface area is 87.1 Å². The van der Waals surface area contributed by atoms with E-state index in [4.69, 9.17) is 10.9 Å². The van der Waals surface area contributed by atoms with Crippen molar-refractivity contribution in [1.82, 2.24) is 4.98 Å². The van der Waals surface area contributed by atoms with Crippen LogP contribution in [0.4, 0.5) is 5.82 Å². The maximum Gasteiger partial charge on any atom is 0.339 e. The molecule has 15 heavy (non-hydrogen) atoms. The average Bonchev–Trinajstić information content (AvgIpc) is 2.16. The van der Waals surface area contributed by atoms with Crippen molar-refractivity contribution in [1.29, 1.82) is 0 Å². The molecule has 0 unspecified atom stereocenters. The lowest BCUT2D eigenvalue weighted by atomic mass is 10.2. The number of carbonyl (C=O) groups is 2. The number of nitrogen functional groups attached to an aromatic ring is 1. The molecular formula is C9H13N3O3. The number of hydrazine groups is 1. The molecule has 1 aromatic heterocycles. The topological polar surface area (TPSA) is 105 Å². The van der Waals surface area contributed by atoms with Gasteiger partial charge >= 0.3 is 5.97 Å². The fraction of sp³-hybridized carbons (Fsp3) is 0.222. The van der Waals surface area contributed by atoms with Crippen molar-refractivity contribution in [3.8, 4) is 0 Å². The third-order valence-corrected chi connectivity index (χ3v) is 1.17. The molecule has 0 atom stereocenters. The van der Waals surface area contributed by atoms with E-state index in [9.17, 15) is 9.59 Å². The summed E-state index contributed by atoms with van der Waals surface area (Å²) in [5.74, 6) is 4.30. The van der Waals surface area contributed by atoms with Crippen molar-refractivity contribution in [3.05, 3.63) is 23.9 Å². The zero-order valence-electron chi connectivity index (χ0n) is 8.52. The SMILES string of the molecule is CC(C)=O.NNc1ncccc1C(=O)O. The van der Waals surface area contributed by atoms with E-state index in [0.29, 0.717) is 0 Å². The Balaban J connectivity index is 0.000000423. The molecule has 0 spiro atoms. The van der Waals surface area contributed by atoms with Crippen LogP contribution in [0.25, 0.3) is 0 Å². The lowest BCUT2D eigenvalue weighted by Crippen LogP contribution is -2.13. The quantitative estimate of drug-likeness (QED) is 0.490. The maximum atomic E-state index is 10.4. The number of rotatable bonds is 2. The number of pyridine rings is 1. The van der Waals surface area contributed by atoms with Gasteiger partial charge in [-0.25, -0.2) is 15.6 Å². The molecule has 0 aromatic carbocycles. The fourth-order valence-electron chi connectivity index (χ4n) is 0.693. The summed E-state index contributed by atoms with van der Waals surface area (Å²) in [5.41, 5.74) is 2.25. The van der Waals surface area contributed by atoms with Gasteiger partial charge in [0, 0.05) is 6.20 Å². The number of nitrogens with one attached hydrogen (secondary N) is 1. The molecule has 0 radical (unpaired) electrons. The van der Waals surface area contributed by atoms with Crippen LogP contribution in [0.3, 0.4) is 0 Å². The summed E-state index contributed by atoms with van der Waals surface area (Å²) in [6.07, 6.45) is 1.46. The summed E-state index contributed by atoms with van der Waals surface area (Å²) in [6.45, 7) is 3.06. The Morgan fingerprint density at radius 2 is 2.00 bits per heavy atom.